The van der Waals surface area contributed by atoms with Crippen LogP contribution >= 0.6 is 15.9 Å². The van der Waals surface area contributed by atoms with Gasteiger partial charge in [-0.3, -0.25) is 20.2 Å². The molecule has 0 radical (unpaired) electrons. The number of nitrogens with zero attached hydrogens (tertiary/aromatic N) is 2. The Morgan fingerprint density at radius 1 is 1.18 bits per heavy atom. The number of amides is 1. The molecule has 5 rings (SSSR count). The van der Waals surface area contributed by atoms with E-state index in [-0.39, 0.29) is 22.6 Å². The SMILES string of the molecule is Cc1noc([C@@H]2[C@@H](c3ccc(Br)cc3)[C@H](C(F)(F)F)N[C@@]23C(=O)Nc2ccccc23)c1[N+](=O)[O-]. The third-order valence-corrected chi connectivity index (χ3v) is 6.98. The quantitative estimate of drug-likeness (QED) is 0.363. The zero-order valence-corrected chi connectivity index (χ0v) is 19.0. The number of para-hydroxylation sites is 1. The number of anilines is 1. The molecule has 1 fully saturated rings. The van der Waals surface area contributed by atoms with Crippen molar-refractivity contribution in [2.24, 2.45) is 0 Å². The minimum Gasteiger partial charge on any atom is -0.353 e. The first-order valence-electron chi connectivity index (χ1n) is 10.2. The van der Waals surface area contributed by atoms with Crippen LogP contribution in [0.3, 0.4) is 0 Å². The van der Waals surface area contributed by atoms with Crippen LogP contribution in [0.4, 0.5) is 24.5 Å². The Kier molecular flexibility index (Phi) is 5.06. The highest BCUT2D eigenvalue weighted by Gasteiger charge is 2.69. The summed E-state index contributed by atoms with van der Waals surface area (Å²) in [6.07, 6.45) is -4.79. The second kappa shape index (κ2) is 7.64. The molecule has 2 aliphatic heterocycles. The molecule has 1 spiro atoms. The molecular weight excluding hydrogens is 521 g/mol. The van der Waals surface area contributed by atoms with Gasteiger partial charge in [-0.25, -0.2) is 0 Å². The van der Waals surface area contributed by atoms with Crippen LogP contribution in [0.5, 0.6) is 0 Å². The van der Waals surface area contributed by atoms with Gasteiger partial charge in [-0.15, -0.1) is 0 Å². The normalized spacial score (nSPS) is 26.0. The summed E-state index contributed by atoms with van der Waals surface area (Å²) in [6, 6.07) is 10.3. The summed E-state index contributed by atoms with van der Waals surface area (Å²) in [6.45, 7) is 1.33. The van der Waals surface area contributed by atoms with Crippen LogP contribution < -0.4 is 10.6 Å². The van der Waals surface area contributed by atoms with Crippen molar-refractivity contribution >= 4 is 33.2 Å². The second-order valence-electron chi connectivity index (χ2n) is 8.26. The molecule has 0 saturated carbocycles. The van der Waals surface area contributed by atoms with Crippen LogP contribution in [-0.4, -0.2) is 28.2 Å². The monoisotopic (exact) mass is 536 g/mol. The number of halogens is 4. The standard InChI is InChI=1S/C22H16BrF3N4O4/c1-10-17(30(32)33)18(34-29-10)16-15(11-6-8-12(23)9-7-11)19(22(24,25)26)28-21(16)13-4-2-3-5-14(13)27-20(21)31/h2-9,15-16,19,28H,1H3,(H,27,31)/t15-,16+,19-,21-/m1/s1. The number of carbonyl (C=O) groups excluding carboxylic acids is 1. The lowest BCUT2D eigenvalue weighted by Gasteiger charge is -2.29. The number of alkyl halides is 3. The van der Waals surface area contributed by atoms with Crippen molar-refractivity contribution in [3.05, 3.63) is 85.7 Å². The van der Waals surface area contributed by atoms with E-state index in [4.69, 9.17) is 4.52 Å². The molecule has 0 bridgehead atoms. The molecule has 1 aromatic heterocycles. The summed E-state index contributed by atoms with van der Waals surface area (Å²) < 4.78 is 49.4. The second-order valence-corrected chi connectivity index (χ2v) is 9.18. The number of nitro groups is 1. The van der Waals surface area contributed by atoms with E-state index in [1.807, 2.05) is 0 Å². The van der Waals surface area contributed by atoms with Crippen LogP contribution in [-0.2, 0) is 10.3 Å². The minimum absolute atomic E-state index is 0.0909. The van der Waals surface area contributed by atoms with Gasteiger partial charge in [-0.05, 0) is 30.7 Å². The smallest absolute Gasteiger partial charge is 0.353 e. The Morgan fingerprint density at radius 2 is 1.85 bits per heavy atom. The number of hydrogen-bond donors (Lipinski definition) is 2. The molecule has 0 aliphatic carbocycles. The predicted octanol–water partition coefficient (Wildman–Crippen LogP) is 4.90. The number of carbonyl (C=O) groups is 1. The van der Waals surface area contributed by atoms with Crippen LogP contribution in [0.1, 0.15) is 34.4 Å². The van der Waals surface area contributed by atoms with Gasteiger partial charge in [-0.2, -0.15) is 13.2 Å². The third kappa shape index (κ3) is 3.16. The fourth-order valence-corrected chi connectivity index (χ4v) is 5.41. The number of benzene rings is 2. The number of aromatic nitrogens is 1. The number of nitrogens with one attached hydrogen (secondary N) is 2. The Balaban J connectivity index is 1.85. The first-order chi connectivity index (χ1) is 16.1. The van der Waals surface area contributed by atoms with Gasteiger partial charge < -0.3 is 9.84 Å². The van der Waals surface area contributed by atoms with Gasteiger partial charge in [-0.1, -0.05) is 51.4 Å². The Morgan fingerprint density at radius 3 is 2.50 bits per heavy atom. The van der Waals surface area contributed by atoms with Crippen LogP contribution in [0.2, 0.25) is 0 Å². The van der Waals surface area contributed by atoms with E-state index in [2.05, 4.69) is 31.7 Å². The highest BCUT2D eigenvalue weighted by molar-refractivity contribution is 9.10. The van der Waals surface area contributed by atoms with Crippen molar-refractivity contribution < 1.29 is 27.4 Å². The third-order valence-electron chi connectivity index (χ3n) is 6.46. The fraction of sp³-hybridized carbons (Fsp3) is 0.273. The molecule has 4 atom stereocenters. The molecule has 2 N–H and O–H groups in total. The molecule has 3 heterocycles. The molecular formula is C22H16BrF3N4O4. The maximum atomic E-state index is 14.5. The first-order valence-corrected chi connectivity index (χ1v) is 11.0. The lowest BCUT2D eigenvalue weighted by Crippen LogP contribution is -2.52. The predicted molar refractivity (Wildman–Crippen MR) is 117 cm³/mol. The highest BCUT2D eigenvalue weighted by Crippen LogP contribution is 2.60. The molecule has 0 unspecified atom stereocenters. The van der Waals surface area contributed by atoms with Gasteiger partial charge in [0.25, 0.3) is 0 Å². The van der Waals surface area contributed by atoms with Crippen molar-refractivity contribution in [1.82, 2.24) is 10.5 Å². The first kappa shape index (κ1) is 22.5. The molecule has 34 heavy (non-hydrogen) atoms. The Hall–Kier alpha value is -3.25. The van der Waals surface area contributed by atoms with E-state index in [0.29, 0.717) is 10.2 Å². The number of hydrogen-bond acceptors (Lipinski definition) is 6. The average Bonchev–Trinajstić information content (AvgIpc) is 3.41. The van der Waals surface area contributed by atoms with Gasteiger partial charge in [0.05, 0.1) is 10.8 Å². The van der Waals surface area contributed by atoms with Gasteiger partial charge in [0, 0.05) is 21.6 Å². The fourth-order valence-electron chi connectivity index (χ4n) is 5.14. The summed E-state index contributed by atoms with van der Waals surface area (Å²) in [4.78, 5) is 24.6. The summed E-state index contributed by atoms with van der Waals surface area (Å²) in [5.74, 6) is -4.00. The maximum Gasteiger partial charge on any atom is 0.404 e. The van der Waals surface area contributed by atoms with Crippen molar-refractivity contribution in [2.75, 3.05) is 5.32 Å². The number of aryl methyl sites for hydroxylation is 1. The lowest BCUT2D eigenvalue weighted by molar-refractivity contribution is -0.386. The van der Waals surface area contributed by atoms with Crippen LogP contribution in [0.25, 0.3) is 0 Å². The van der Waals surface area contributed by atoms with Crippen molar-refractivity contribution in [3.63, 3.8) is 0 Å². The van der Waals surface area contributed by atoms with E-state index in [0.717, 1.165) is 0 Å². The summed E-state index contributed by atoms with van der Waals surface area (Å²) in [7, 11) is 0. The zero-order chi connectivity index (χ0) is 24.4. The molecule has 176 valence electrons. The van der Waals surface area contributed by atoms with Crippen molar-refractivity contribution in [1.29, 1.82) is 0 Å². The molecule has 3 aromatic rings. The lowest BCUT2D eigenvalue weighted by atomic mass is 9.71. The van der Waals surface area contributed by atoms with Gasteiger partial charge >= 0.3 is 11.9 Å². The van der Waals surface area contributed by atoms with E-state index in [1.165, 1.54) is 25.1 Å². The molecule has 2 aliphatic rings. The highest BCUT2D eigenvalue weighted by atomic mass is 79.9. The summed E-state index contributed by atoms with van der Waals surface area (Å²) in [5.41, 5.74) is -1.81. The van der Waals surface area contributed by atoms with Gasteiger partial charge in [0.1, 0.15) is 11.6 Å². The number of rotatable bonds is 3. The molecule has 8 nitrogen and oxygen atoms in total. The largest absolute Gasteiger partial charge is 0.404 e. The van der Waals surface area contributed by atoms with Gasteiger partial charge in [0.15, 0.2) is 5.69 Å². The van der Waals surface area contributed by atoms with E-state index < -0.39 is 46.1 Å². The van der Waals surface area contributed by atoms with Crippen LogP contribution in [0, 0.1) is 17.0 Å². The minimum atomic E-state index is -4.79. The maximum absolute atomic E-state index is 14.5. The van der Waals surface area contributed by atoms with E-state index in [1.54, 1.807) is 30.3 Å². The van der Waals surface area contributed by atoms with E-state index in [9.17, 15) is 28.1 Å². The summed E-state index contributed by atoms with van der Waals surface area (Å²) >= 11 is 3.27. The van der Waals surface area contributed by atoms with E-state index >= 15 is 0 Å². The molecule has 12 heteroatoms. The molecule has 1 amide bonds. The molecule has 1 saturated heterocycles. The molecule has 2 aromatic carbocycles. The Labute approximate surface area is 198 Å². The van der Waals surface area contributed by atoms with Gasteiger partial charge in [0.2, 0.25) is 11.7 Å². The summed E-state index contributed by atoms with van der Waals surface area (Å²) in [5, 5.41) is 20.8. The topological polar surface area (TPSA) is 110 Å². The Bertz CT molecular complexity index is 1310. The van der Waals surface area contributed by atoms with Crippen molar-refractivity contribution in [3.8, 4) is 0 Å². The zero-order valence-electron chi connectivity index (χ0n) is 17.4. The average molecular weight is 537 g/mol. The number of fused-ring (bicyclic) bond motifs is 2. The van der Waals surface area contributed by atoms with Crippen LogP contribution in [0.15, 0.2) is 57.5 Å². The van der Waals surface area contributed by atoms with Crippen molar-refractivity contribution in [2.45, 2.75) is 36.5 Å².